The summed E-state index contributed by atoms with van der Waals surface area (Å²) in [7, 11) is 1.63. The minimum atomic E-state index is -2.87. The van der Waals surface area contributed by atoms with Gasteiger partial charge >= 0.3 is 6.61 Å². The molecule has 0 N–H and O–H groups in total. The van der Waals surface area contributed by atoms with Crippen LogP contribution in [-0.4, -0.2) is 36.9 Å². The standard InChI is InChI=1S/C21H23F2NO4/c1-3-27-17-10-6-16(7-11-17)19(25)12-13-20(26)24(2)14-15-4-8-18(9-5-15)28-21(22)23/h4-11,21H,3,12-14H2,1-2H3. The van der Waals surface area contributed by atoms with Crippen LogP contribution in [-0.2, 0) is 11.3 Å². The third kappa shape index (κ3) is 6.64. The van der Waals surface area contributed by atoms with Gasteiger partial charge in [0.25, 0.3) is 0 Å². The van der Waals surface area contributed by atoms with Gasteiger partial charge in [-0.3, -0.25) is 9.59 Å². The van der Waals surface area contributed by atoms with Crippen LogP contribution in [0.5, 0.6) is 11.5 Å². The summed E-state index contributed by atoms with van der Waals surface area (Å²) in [5.74, 6) is 0.471. The highest BCUT2D eigenvalue weighted by molar-refractivity contribution is 5.98. The van der Waals surface area contributed by atoms with Gasteiger partial charge in [0.1, 0.15) is 11.5 Å². The van der Waals surface area contributed by atoms with Crippen LogP contribution in [0.3, 0.4) is 0 Å². The zero-order chi connectivity index (χ0) is 20.5. The molecule has 2 rings (SSSR count). The summed E-state index contributed by atoms with van der Waals surface area (Å²) in [6.45, 7) is -0.128. The van der Waals surface area contributed by atoms with Crippen molar-refractivity contribution in [2.75, 3.05) is 13.7 Å². The van der Waals surface area contributed by atoms with Crippen LogP contribution in [0.25, 0.3) is 0 Å². The number of hydrogen-bond acceptors (Lipinski definition) is 4. The number of carbonyl (C=O) groups excluding carboxylic acids is 2. The smallest absolute Gasteiger partial charge is 0.387 e. The minimum absolute atomic E-state index is 0.0636. The molecule has 7 heteroatoms. The predicted molar refractivity (Wildman–Crippen MR) is 101 cm³/mol. The lowest BCUT2D eigenvalue weighted by Crippen LogP contribution is -2.26. The van der Waals surface area contributed by atoms with Gasteiger partial charge in [0, 0.05) is 32.0 Å². The first kappa shape index (κ1) is 21.3. The Hall–Kier alpha value is -2.96. The number of amides is 1. The molecule has 0 spiro atoms. The average molecular weight is 391 g/mol. The van der Waals surface area contributed by atoms with Crippen LogP contribution in [0.15, 0.2) is 48.5 Å². The number of Topliss-reactive ketones (excluding diaryl/α,β-unsaturated/α-hetero) is 1. The van der Waals surface area contributed by atoms with Gasteiger partial charge in [-0.1, -0.05) is 12.1 Å². The molecule has 0 heterocycles. The lowest BCUT2D eigenvalue weighted by Gasteiger charge is -2.17. The van der Waals surface area contributed by atoms with Crippen LogP contribution in [0.4, 0.5) is 8.78 Å². The Labute approximate surface area is 162 Å². The van der Waals surface area contributed by atoms with E-state index in [1.54, 1.807) is 43.4 Å². The van der Waals surface area contributed by atoms with Gasteiger partial charge in [0.2, 0.25) is 5.91 Å². The molecule has 0 aromatic heterocycles. The summed E-state index contributed by atoms with van der Waals surface area (Å²) in [6, 6.07) is 12.9. The van der Waals surface area contributed by atoms with Gasteiger partial charge in [0.05, 0.1) is 6.61 Å². The summed E-state index contributed by atoms with van der Waals surface area (Å²) < 4.78 is 33.9. The highest BCUT2D eigenvalue weighted by Gasteiger charge is 2.14. The zero-order valence-corrected chi connectivity index (χ0v) is 15.9. The topological polar surface area (TPSA) is 55.8 Å². The first-order valence-electron chi connectivity index (χ1n) is 8.92. The molecule has 2 aromatic carbocycles. The first-order chi connectivity index (χ1) is 13.4. The van der Waals surface area contributed by atoms with E-state index in [0.29, 0.717) is 24.5 Å². The lowest BCUT2D eigenvalue weighted by atomic mass is 10.1. The van der Waals surface area contributed by atoms with Crippen molar-refractivity contribution in [2.45, 2.75) is 32.9 Å². The SMILES string of the molecule is CCOc1ccc(C(=O)CCC(=O)N(C)Cc2ccc(OC(F)F)cc2)cc1. The van der Waals surface area contributed by atoms with Gasteiger partial charge in [-0.15, -0.1) is 0 Å². The van der Waals surface area contributed by atoms with Crippen LogP contribution in [0, 0.1) is 0 Å². The Kier molecular flexibility index (Phi) is 7.92. The Balaban J connectivity index is 1.82. The van der Waals surface area contributed by atoms with Gasteiger partial charge in [-0.2, -0.15) is 8.78 Å². The monoisotopic (exact) mass is 391 g/mol. The normalized spacial score (nSPS) is 10.6. The molecule has 0 atom stereocenters. The molecule has 0 aliphatic heterocycles. The summed E-state index contributed by atoms with van der Waals surface area (Å²) in [6.07, 6.45) is 0.202. The summed E-state index contributed by atoms with van der Waals surface area (Å²) in [5.41, 5.74) is 1.31. The maximum Gasteiger partial charge on any atom is 0.387 e. The molecule has 1 amide bonds. The second-order valence-electron chi connectivity index (χ2n) is 6.15. The Bertz CT molecular complexity index is 776. The average Bonchev–Trinajstić information content (AvgIpc) is 2.67. The van der Waals surface area contributed by atoms with Crippen molar-refractivity contribution in [2.24, 2.45) is 0 Å². The van der Waals surface area contributed by atoms with Crippen molar-refractivity contribution in [3.8, 4) is 11.5 Å². The molecule has 0 unspecified atom stereocenters. The number of hydrogen-bond donors (Lipinski definition) is 0. The van der Waals surface area contributed by atoms with Gasteiger partial charge in [0.15, 0.2) is 5.78 Å². The third-order valence-electron chi connectivity index (χ3n) is 4.05. The number of nitrogens with zero attached hydrogens (tertiary/aromatic N) is 1. The number of carbonyl (C=O) groups is 2. The highest BCUT2D eigenvalue weighted by atomic mass is 19.3. The fourth-order valence-electron chi connectivity index (χ4n) is 2.60. The fourth-order valence-corrected chi connectivity index (χ4v) is 2.60. The van der Waals surface area contributed by atoms with Crippen molar-refractivity contribution < 1.29 is 27.8 Å². The molecule has 0 aliphatic rings. The molecule has 0 fully saturated rings. The summed E-state index contributed by atoms with van der Waals surface area (Å²) in [5, 5.41) is 0. The van der Waals surface area contributed by atoms with E-state index in [2.05, 4.69) is 4.74 Å². The molecule has 0 bridgehead atoms. The molecule has 0 saturated carbocycles. The number of ether oxygens (including phenoxy) is 2. The van der Waals surface area contributed by atoms with E-state index in [-0.39, 0.29) is 30.3 Å². The van der Waals surface area contributed by atoms with Crippen LogP contribution >= 0.6 is 0 Å². The highest BCUT2D eigenvalue weighted by Crippen LogP contribution is 2.17. The minimum Gasteiger partial charge on any atom is -0.494 e. The fraction of sp³-hybridized carbons (Fsp3) is 0.333. The Morgan fingerprint density at radius 1 is 0.964 bits per heavy atom. The van der Waals surface area contributed by atoms with E-state index in [1.807, 2.05) is 6.92 Å². The van der Waals surface area contributed by atoms with E-state index < -0.39 is 6.61 Å². The van der Waals surface area contributed by atoms with Crippen molar-refractivity contribution in [1.82, 2.24) is 4.90 Å². The molecule has 0 aliphatic carbocycles. The van der Waals surface area contributed by atoms with Crippen molar-refractivity contribution in [1.29, 1.82) is 0 Å². The van der Waals surface area contributed by atoms with Crippen molar-refractivity contribution >= 4 is 11.7 Å². The van der Waals surface area contributed by atoms with Crippen LogP contribution < -0.4 is 9.47 Å². The van der Waals surface area contributed by atoms with E-state index in [0.717, 1.165) is 5.56 Å². The summed E-state index contributed by atoms with van der Waals surface area (Å²) >= 11 is 0. The molecule has 150 valence electrons. The molecular weight excluding hydrogens is 368 g/mol. The van der Waals surface area contributed by atoms with E-state index >= 15 is 0 Å². The Morgan fingerprint density at radius 2 is 1.57 bits per heavy atom. The predicted octanol–water partition coefficient (Wildman–Crippen LogP) is 4.31. The van der Waals surface area contributed by atoms with Crippen LogP contribution in [0.1, 0.15) is 35.7 Å². The molecule has 0 saturated heterocycles. The van der Waals surface area contributed by atoms with E-state index in [4.69, 9.17) is 4.74 Å². The Morgan fingerprint density at radius 3 is 2.14 bits per heavy atom. The van der Waals surface area contributed by atoms with Gasteiger partial charge in [-0.05, 0) is 48.9 Å². The second-order valence-corrected chi connectivity index (χ2v) is 6.15. The quantitative estimate of drug-likeness (QED) is 0.567. The van der Waals surface area contributed by atoms with Gasteiger partial charge < -0.3 is 14.4 Å². The third-order valence-corrected chi connectivity index (χ3v) is 4.05. The molecule has 0 radical (unpaired) electrons. The molecule has 2 aromatic rings. The summed E-state index contributed by atoms with van der Waals surface area (Å²) in [4.78, 5) is 26.0. The molecule has 5 nitrogen and oxygen atoms in total. The first-order valence-corrected chi connectivity index (χ1v) is 8.92. The maximum absolute atomic E-state index is 12.3. The number of benzene rings is 2. The molecular formula is C21H23F2NO4. The number of halogens is 2. The lowest BCUT2D eigenvalue weighted by molar-refractivity contribution is -0.130. The zero-order valence-electron chi connectivity index (χ0n) is 15.9. The van der Waals surface area contributed by atoms with Crippen LogP contribution in [0.2, 0.25) is 0 Å². The number of rotatable bonds is 10. The number of ketones is 1. The largest absolute Gasteiger partial charge is 0.494 e. The maximum atomic E-state index is 12.3. The van der Waals surface area contributed by atoms with E-state index in [9.17, 15) is 18.4 Å². The van der Waals surface area contributed by atoms with E-state index in [1.165, 1.54) is 17.0 Å². The second kappa shape index (κ2) is 10.4. The van der Waals surface area contributed by atoms with Crippen molar-refractivity contribution in [3.05, 3.63) is 59.7 Å². The molecule has 28 heavy (non-hydrogen) atoms. The van der Waals surface area contributed by atoms with Crippen molar-refractivity contribution in [3.63, 3.8) is 0 Å². The van der Waals surface area contributed by atoms with Gasteiger partial charge in [-0.25, -0.2) is 0 Å². The number of alkyl halides is 2.